The summed E-state index contributed by atoms with van der Waals surface area (Å²) in [6, 6.07) is 14.9. The summed E-state index contributed by atoms with van der Waals surface area (Å²) in [5, 5.41) is 19.2. The van der Waals surface area contributed by atoms with Crippen LogP contribution in [0.5, 0.6) is 11.5 Å². The number of para-hydroxylation sites is 1. The summed E-state index contributed by atoms with van der Waals surface area (Å²) in [7, 11) is 1.53. The molecule has 0 aliphatic rings. The zero-order valence-corrected chi connectivity index (χ0v) is 14.8. The van der Waals surface area contributed by atoms with Gasteiger partial charge in [-0.15, -0.1) is 0 Å². The fourth-order valence-corrected chi connectivity index (χ4v) is 2.62. The van der Waals surface area contributed by atoms with Crippen LogP contribution in [-0.2, 0) is 6.61 Å². The predicted octanol–water partition coefficient (Wildman–Crippen LogP) is 3.99. The van der Waals surface area contributed by atoms with Gasteiger partial charge < -0.3 is 14.6 Å². The normalized spacial score (nSPS) is 11.4. The average molecular weight is 421 g/mol. The van der Waals surface area contributed by atoms with E-state index in [9.17, 15) is 5.11 Å². The second-order valence-electron chi connectivity index (χ2n) is 4.80. The maximum absolute atomic E-state index is 10.3. The van der Waals surface area contributed by atoms with Crippen molar-refractivity contribution >= 4 is 22.6 Å². The van der Waals surface area contributed by atoms with Crippen molar-refractivity contribution in [3.8, 4) is 17.6 Å². The van der Waals surface area contributed by atoms with Crippen molar-refractivity contribution in [1.29, 1.82) is 5.26 Å². The summed E-state index contributed by atoms with van der Waals surface area (Å²) in [4.78, 5) is 0. The number of halogens is 1. The number of nitrogens with zero attached hydrogens (tertiary/aromatic N) is 1. The first-order valence-corrected chi connectivity index (χ1v) is 7.96. The van der Waals surface area contributed by atoms with Gasteiger partial charge in [-0.3, -0.25) is 0 Å². The molecule has 5 heteroatoms. The van der Waals surface area contributed by atoms with Gasteiger partial charge in [-0.05, 0) is 34.7 Å². The Hall–Kier alpha value is -2.04. The largest absolute Gasteiger partial charge is 0.493 e. The van der Waals surface area contributed by atoms with E-state index in [0.29, 0.717) is 23.7 Å². The topological polar surface area (TPSA) is 62.5 Å². The molecule has 0 spiro atoms. The van der Waals surface area contributed by atoms with Crippen molar-refractivity contribution in [3.05, 3.63) is 69.3 Å². The Morgan fingerprint density at radius 2 is 2.04 bits per heavy atom. The molecule has 0 saturated heterocycles. The molecule has 0 aliphatic heterocycles. The Kier molecular flexibility index (Phi) is 6.02. The third kappa shape index (κ3) is 4.03. The number of aliphatic hydroxyl groups excluding tert-OH is 1. The molecule has 0 saturated carbocycles. The van der Waals surface area contributed by atoms with Crippen LogP contribution in [0.1, 0.15) is 17.2 Å². The van der Waals surface area contributed by atoms with E-state index < -0.39 is 6.10 Å². The van der Waals surface area contributed by atoms with Gasteiger partial charge in [0.2, 0.25) is 0 Å². The van der Waals surface area contributed by atoms with Crippen LogP contribution < -0.4 is 9.47 Å². The van der Waals surface area contributed by atoms with Gasteiger partial charge in [-0.25, -0.2) is 0 Å². The van der Waals surface area contributed by atoms with Crippen LogP contribution in [0.25, 0.3) is 0 Å². The van der Waals surface area contributed by atoms with Crippen molar-refractivity contribution in [1.82, 2.24) is 0 Å². The lowest BCUT2D eigenvalue weighted by molar-refractivity contribution is 0.206. The molecule has 0 amide bonds. The second kappa shape index (κ2) is 7.99. The summed E-state index contributed by atoms with van der Waals surface area (Å²) in [6.45, 7) is 3.90. The zero-order valence-electron chi connectivity index (χ0n) is 12.6. The Morgan fingerprint density at radius 1 is 1.30 bits per heavy atom. The van der Waals surface area contributed by atoms with Crippen LogP contribution in [-0.4, -0.2) is 12.2 Å². The number of rotatable bonds is 6. The lowest BCUT2D eigenvalue weighted by Gasteiger charge is -2.18. The summed E-state index contributed by atoms with van der Waals surface area (Å²) >= 11 is 2.24. The number of methoxy groups -OCH3 is 1. The Morgan fingerprint density at radius 3 is 2.70 bits per heavy atom. The molecule has 0 aromatic heterocycles. The standard InChI is InChI=1S/C18H16INO3/c1-12(10-20)17(21)14-7-5-9-16(22-2)18(14)23-11-13-6-3-4-8-15(13)19/h3-9,17,21H,1,11H2,2H3. The van der Waals surface area contributed by atoms with Crippen molar-refractivity contribution in [2.75, 3.05) is 7.11 Å². The third-order valence-corrected chi connectivity index (χ3v) is 4.38. The fourth-order valence-electron chi connectivity index (χ4n) is 2.08. The van der Waals surface area contributed by atoms with E-state index in [1.54, 1.807) is 18.2 Å². The highest BCUT2D eigenvalue weighted by Gasteiger charge is 2.20. The van der Waals surface area contributed by atoms with Crippen molar-refractivity contribution in [3.63, 3.8) is 0 Å². The zero-order chi connectivity index (χ0) is 16.8. The molecule has 0 fully saturated rings. The summed E-state index contributed by atoms with van der Waals surface area (Å²) in [5.41, 5.74) is 1.54. The highest BCUT2D eigenvalue weighted by atomic mass is 127. The molecule has 0 aliphatic carbocycles. The first-order chi connectivity index (χ1) is 11.1. The second-order valence-corrected chi connectivity index (χ2v) is 5.96. The van der Waals surface area contributed by atoms with E-state index in [2.05, 4.69) is 29.2 Å². The molecule has 2 aromatic carbocycles. The molecule has 1 N–H and O–H groups in total. The lowest BCUT2D eigenvalue weighted by Crippen LogP contribution is -2.06. The fraction of sp³-hybridized carbons (Fsp3) is 0.167. The molecule has 1 unspecified atom stereocenters. The van der Waals surface area contributed by atoms with Gasteiger partial charge in [0.05, 0.1) is 18.8 Å². The monoisotopic (exact) mass is 421 g/mol. The first-order valence-electron chi connectivity index (χ1n) is 6.88. The molecule has 4 nitrogen and oxygen atoms in total. The summed E-state index contributed by atoms with van der Waals surface area (Å²) in [5.74, 6) is 0.914. The Balaban J connectivity index is 2.34. The van der Waals surface area contributed by atoms with E-state index in [-0.39, 0.29) is 5.57 Å². The molecule has 0 heterocycles. The van der Waals surface area contributed by atoms with Gasteiger partial charge in [0.25, 0.3) is 0 Å². The van der Waals surface area contributed by atoms with Gasteiger partial charge in [0.1, 0.15) is 12.7 Å². The van der Waals surface area contributed by atoms with Crippen molar-refractivity contribution < 1.29 is 14.6 Å². The molecular formula is C18H16INO3. The lowest BCUT2D eigenvalue weighted by atomic mass is 10.0. The minimum atomic E-state index is -1.13. The minimum Gasteiger partial charge on any atom is -0.493 e. The summed E-state index contributed by atoms with van der Waals surface area (Å²) < 4.78 is 12.3. The maximum atomic E-state index is 10.3. The molecule has 2 rings (SSSR count). The average Bonchev–Trinajstić information content (AvgIpc) is 2.59. The molecule has 118 valence electrons. The van der Waals surface area contributed by atoms with Crippen LogP contribution >= 0.6 is 22.6 Å². The highest BCUT2D eigenvalue weighted by Crippen LogP contribution is 2.37. The van der Waals surface area contributed by atoms with Crippen LogP contribution in [0.2, 0.25) is 0 Å². The van der Waals surface area contributed by atoms with E-state index in [4.69, 9.17) is 14.7 Å². The quantitative estimate of drug-likeness (QED) is 0.566. The van der Waals surface area contributed by atoms with Crippen molar-refractivity contribution in [2.45, 2.75) is 12.7 Å². The number of aliphatic hydroxyl groups is 1. The summed E-state index contributed by atoms with van der Waals surface area (Å²) in [6.07, 6.45) is -1.13. The number of nitriles is 1. The number of hydrogen-bond donors (Lipinski definition) is 1. The molecular weight excluding hydrogens is 405 g/mol. The molecule has 2 aromatic rings. The van der Waals surface area contributed by atoms with Crippen LogP contribution in [0, 0.1) is 14.9 Å². The van der Waals surface area contributed by atoms with Crippen LogP contribution in [0.4, 0.5) is 0 Å². The van der Waals surface area contributed by atoms with Crippen LogP contribution in [0.15, 0.2) is 54.6 Å². The Bertz CT molecular complexity index is 752. The molecule has 0 radical (unpaired) electrons. The van der Waals surface area contributed by atoms with Gasteiger partial charge >= 0.3 is 0 Å². The van der Waals surface area contributed by atoms with E-state index in [1.165, 1.54) is 7.11 Å². The van der Waals surface area contributed by atoms with E-state index in [1.807, 2.05) is 30.3 Å². The smallest absolute Gasteiger partial charge is 0.167 e. The number of benzene rings is 2. The van der Waals surface area contributed by atoms with Gasteiger partial charge in [-0.1, -0.05) is 36.9 Å². The SMILES string of the molecule is C=C(C#N)C(O)c1cccc(OC)c1OCc1ccccc1I. The molecule has 1 atom stereocenters. The predicted molar refractivity (Wildman–Crippen MR) is 96.2 cm³/mol. The maximum Gasteiger partial charge on any atom is 0.167 e. The molecule has 23 heavy (non-hydrogen) atoms. The first kappa shape index (κ1) is 17.3. The van der Waals surface area contributed by atoms with Gasteiger partial charge in [-0.2, -0.15) is 5.26 Å². The van der Waals surface area contributed by atoms with E-state index in [0.717, 1.165) is 9.13 Å². The van der Waals surface area contributed by atoms with Gasteiger partial charge in [0.15, 0.2) is 11.5 Å². The molecule has 0 bridgehead atoms. The number of ether oxygens (including phenoxy) is 2. The van der Waals surface area contributed by atoms with E-state index >= 15 is 0 Å². The van der Waals surface area contributed by atoms with Gasteiger partial charge in [0, 0.05) is 14.7 Å². The minimum absolute atomic E-state index is 0.0531. The van der Waals surface area contributed by atoms with Crippen molar-refractivity contribution in [2.24, 2.45) is 0 Å². The van der Waals surface area contributed by atoms with Crippen LogP contribution in [0.3, 0.4) is 0 Å². The number of hydrogen-bond acceptors (Lipinski definition) is 4. The Labute approximate surface area is 149 Å². The highest BCUT2D eigenvalue weighted by molar-refractivity contribution is 14.1. The third-order valence-electron chi connectivity index (χ3n) is 3.33.